The van der Waals surface area contributed by atoms with E-state index in [2.05, 4.69) is 5.32 Å². The monoisotopic (exact) mass is 321 g/mol. The van der Waals surface area contributed by atoms with E-state index in [0.717, 1.165) is 11.5 Å². The van der Waals surface area contributed by atoms with Gasteiger partial charge in [-0.15, -0.1) is 0 Å². The normalized spacial score (nSPS) is 14.3. The Labute approximate surface area is 136 Å². The quantitative estimate of drug-likeness (QED) is 0.820. The van der Waals surface area contributed by atoms with E-state index in [-0.39, 0.29) is 11.9 Å². The third-order valence-corrected chi connectivity index (χ3v) is 3.72. The maximum atomic E-state index is 12.0. The molecule has 1 aliphatic heterocycles. The molecule has 126 valence electrons. The molecular formula is C16H23N3O4. The second-order valence-electron chi connectivity index (χ2n) is 5.25. The predicted molar refractivity (Wildman–Crippen MR) is 85.7 cm³/mol. The van der Waals surface area contributed by atoms with Gasteiger partial charge in [-0.05, 0) is 24.3 Å². The molecule has 0 atom stereocenters. The third-order valence-electron chi connectivity index (χ3n) is 3.72. The molecule has 1 heterocycles. The zero-order chi connectivity index (χ0) is 16.7. The number of carbonyl (C=O) groups excluding carboxylic acids is 2. The fourth-order valence-electron chi connectivity index (χ4n) is 2.34. The minimum absolute atomic E-state index is 0.0537. The van der Waals surface area contributed by atoms with Crippen molar-refractivity contribution in [3.8, 4) is 11.5 Å². The molecule has 0 aliphatic carbocycles. The van der Waals surface area contributed by atoms with Crippen LogP contribution in [0.4, 0.5) is 4.79 Å². The van der Waals surface area contributed by atoms with Gasteiger partial charge < -0.3 is 24.6 Å². The smallest absolute Gasteiger partial charge is 0.317 e. The van der Waals surface area contributed by atoms with Crippen molar-refractivity contribution in [3.05, 3.63) is 24.3 Å². The van der Waals surface area contributed by atoms with E-state index in [1.54, 1.807) is 23.8 Å². The van der Waals surface area contributed by atoms with E-state index in [1.807, 2.05) is 24.3 Å². The zero-order valence-electron chi connectivity index (χ0n) is 13.6. The summed E-state index contributed by atoms with van der Waals surface area (Å²) in [6, 6.07) is 7.17. The summed E-state index contributed by atoms with van der Waals surface area (Å²) in [5, 5.41) is 2.82. The van der Waals surface area contributed by atoms with Gasteiger partial charge in [0.05, 0.1) is 13.7 Å². The number of ether oxygens (including phenoxy) is 2. The van der Waals surface area contributed by atoms with Gasteiger partial charge in [-0.25, -0.2) is 4.79 Å². The van der Waals surface area contributed by atoms with E-state index < -0.39 is 0 Å². The molecule has 23 heavy (non-hydrogen) atoms. The third kappa shape index (κ3) is 5.05. The number of hydrogen-bond donors (Lipinski definition) is 1. The second kappa shape index (κ2) is 8.26. The number of urea groups is 1. The highest BCUT2D eigenvalue weighted by molar-refractivity contribution is 5.76. The van der Waals surface area contributed by atoms with Crippen LogP contribution in [0, 0.1) is 0 Å². The fourth-order valence-corrected chi connectivity index (χ4v) is 2.34. The van der Waals surface area contributed by atoms with Crippen LogP contribution in [0.15, 0.2) is 24.3 Å². The Bertz CT molecular complexity index is 525. The average molecular weight is 321 g/mol. The maximum absolute atomic E-state index is 12.0. The number of carbonyl (C=O) groups is 2. The molecule has 1 aromatic carbocycles. The topological polar surface area (TPSA) is 71.1 Å². The minimum atomic E-state index is -0.119. The molecule has 0 unspecified atom stereocenters. The number of rotatable bonds is 5. The van der Waals surface area contributed by atoms with Gasteiger partial charge >= 0.3 is 6.03 Å². The Kier molecular flexibility index (Phi) is 6.08. The van der Waals surface area contributed by atoms with Crippen LogP contribution in [0.1, 0.15) is 6.92 Å². The Morgan fingerprint density at radius 1 is 1.04 bits per heavy atom. The van der Waals surface area contributed by atoms with Crippen molar-refractivity contribution in [3.63, 3.8) is 0 Å². The van der Waals surface area contributed by atoms with Crippen molar-refractivity contribution in [2.75, 3.05) is 46.4 Å². The van der Waals surface area contributed by atoms with Gasteiger partial charge in [-0.2, -0.15) is 0 Å². The summed E-state index contributed by atoms with van der Waals surface area (Å²) in [5.41, 5.74) is 0. The summed E-state index contributed by atoms with van der Waals surface area (Å²) < 4.78 is 10.6. The molecule has 1 aliphatic rings. The largest absolute Gasteiger partial charge is 0.497 e. The van der Waals surface area contributed by atoms with Gasteiger partial charge in [0, 0.05) is 33.1 Å². The Morgan fingerprint density at radius 2 is 1.61 bits per heavy atom. The summed E-state index contributed by atoms with van der Waals surface area (Å²) in [6.45, 7) is 4.67. The number of amides is 3. The first-order valence-corrected chi connectivity index (χ1v) is 7.65. The molecule has 3 amide bonds. The van der Waals surface area contributed by atoms with Crippen molar-refractivity contribution in [2.24, 2.45) is 0 Å². The van der Waals surface area contributed by atoms with Crippen LogP contribution < -0.4 is 14.8 Å². The maximum Gasteiger partial charge on any atom is 0.317 e. The lowest BCUT2D eigenvalue weighted by Gasteiger charge is -2.34. The lowest BCUT2D eigenvalue weighted by atomic mass is 10.3. The van der Waals surface area contributed by atoms with Crippen LogP contribution >= 0.6 is 0 Å². The SMILES string of the molecule is COc1ccc(OCCNC(=O)N2CCN(C(C)=O)CC2)cc1. The number of nitrogens with one attached hydrogen (secondary N) is 1. The van der Waals surface area contributed by atoms with Crippen LogP contribution in [-0.2, 0) is 4.79 Å². The van der Waals surface area contributed by atoms with Gasteiger partial charge in [-0.1, -0.05) is 0 Å². The molecule has 0 radical (unpaired) electrons. The number of piperazine rings is 1. The summed E-state index contributed by atoms with van der Waals surface area (Å²) in [5.74, 6) is 1.56. The molecule has 7 nitrogen and oxygen atoms in total. The molecule has 1 N–H and O–H groups in total. The first kappa shape index (κ1) is 16.9. The standard InChI is InChI=1S/C16H23N3O4/c1-13(20)18-8-10-19(11-9-18)16(21)17-7-12-23-15-5-3-14(22-2)4-6-15/h3-6H,7-12H2,1-2H3,(H,17,21). The molecule has 0 saturated carbocycles. The van der Waals surface area contributed by atoms with E-state index in [4.69, 9.17) is 9.47 Å². The molecule has 1 aromatic rings. The van der Waals surface area contributed by atoms with Crippen LogP contribution in [0.25, 0.3) is 0 Å². The first-order valence-electron chi connectivity index (χ1n) is 7.65. The molecule has 0 aromatic heterocycles. The molecule has 1 saturated heterocycles. The lowest BCUT2D eigenvalue weighted by molar-refractivity contribution is -0.130. The highest BCUT2D eigenvalue weighted by Crippen LogP contribution is 2.16. The van der Waals surface area contributed by atoms with Crippen LogP contribution in [0.5, 0.6) is 11.5 Å². The second-order valence-corrected chi connectivity index (χ2v) is 5.25. The molecule has 0 spiro atoms. The summed E-state index contributed by atoms with van der Waals surface area (Å²) >= 11 is 0. The van der Waals surface area contributed by atoms with Gasteiger partial charge in [-0.3, -0.25) is 4.79 Å². The van der Waals surface area contributed by atoms with Crippen LogP contribution in [-0.4, -0.2) is 68.2 Å². The van der Waals surface area contributed by atoms with Crippen molar-refractivity contribution >= 4 is 11.9 Å². The van der Waals surface area contributed by atoms with Gasteiger partial charge in [0.25, 0.3) is 0 Å². The lowest BCUT2D eigenvalue weighted by Crippen LogP contribution is -2.53. The van der Waals surface area contributed by atoms with Gasteiger partial charge in [0.1, 0.15) is 18.1 Å². The Balaban J connectivity index is 1.64. The molecule has 0 bridgehead atoms. The van der Waals surface area contributed by atoms with E-state index in [1.165, 1.54) is 0 Å². The summed E-state index contributed by atoms with van der Waals surface area (Å²) in [6.07, 6.45) is 0. The molecule has 2 rings (SSSR count). The zero-order valence-corrected chi connectivity index (χ0v) is 13.6. The molecule has 1 fully saturated rings. The predicted octanol–water partition coefficient (Wildman–Crippen LogP) is 0.948. The number of benzene rings is 1. The van der Waals surface area contributed by atoms with E-state index >= 15 is 0 Å². The van der Waals surface area contributed by atoms with Gasteiger partial charge in [0.15, 0.2) is 0 Å². The summed E-state index contributed by atoms with van der Waals surface area (Å²) in [7, 11) is 1.61. The number of nitrogens with zero attached hydrogens (tertiary/aromatic N) is 2. The van der Waals surface area contributed by atoms with Crippen molar-refractivity contribution in [2.45, 2.75) is 6.92 Å². The molecule has 7 heteroatoms. The van der Waals surface area contributed by atoms with Crippen molar-refractivity contribution in [1.29, 1.82) is 0 Å². The Morgan fingerprint density at radius 3 is 2.17 bits per heavy atom. The van der Waals surface area contributed by atoms with Crippen LogP contribution in [0.3, 0.4) is 0 Å². The minimum Gasteiger partial charge on any atom is -0.497 e. The molecular weight excluding hydrogens is 298 g/mol. The highest BCUT2D eigenvalue weighted by atomic mass is 16.5. The fraction of sp³-hybridized carbons (Fsp3) is 0.500. The Hall–Kier alpha value is -2.44. The van der Waals surface area contributed by atoms with E-state index in [0.29, 0.717) is 39.3 Å². The van der Waals surface area contributed by atoms with E-state index in [9.17, 15) is 9.59 Å². The number of hydrogen-bond acceptors (Lipinski definition) is 4. The average Bonchev–Trinajstić information content (AvgIpc) is 2.59. The van der Waals surface area contributed by atoms with Crippen molar-refractivity contribution < 1.29 is 19.1 Å². The van der Waals surface area contributed by atoms with Gasteiger partial charge in [0.2, 0.25) is 5.91 Å². The van der Waals surface area contributed by atoms with Crippen molar-refractivity contribution in [1.82, 2.24) is 15.1 Å². The van der Waals surface area contributed by atoms with Crippen LogP contribution in [0.2, 0.25) is 0 Å². The number of methoxy groups -OCH3 is 1. The summed E-state index contributed by atoms with van der Waals surface area (Å²) in [4.78, 5) is 26.7. The first-order chi connectivity index (χ1) is 11.1. The highest BCUT2D eigenvalue weighted by Gasteiger charge is 2.21.